The number of rotatable bonds is 3. The number of nitrogens with two attached hydrogens (primary N) is 1. The van der Waals surface area contributed by atoms with Crippen LogP contribution < -0.4 is 5.14 Å². The molecule has 0 aromatic heterocycles. The van der Waals surface area contributed by atoms with Crippen LogP contribution in [0.25, 0.3) is 0 Å². The first-order valence-electron chi connectivity index (χ1n) is 2.04. The molecule has 0 heterocycles. The van der Waals surface area contributed by atoms with E-state index < -0.39 is 21.9 Å². The smallest absolute Gasteiger partial charge is 0.212 e. The van der Waals surface area contributed by atoms with Crippen molar-refractivity contribution in [1.82, 2.24) is 0 Å². The highest BCUT2D eigenvalue weighted by molar-refractivity contribution is 7.89. The van der Waals surface area contributed by atoms with Gasteiger partial charge in [0, 0.05) is 0 Å². The van der Waals surface area contributed by atoms with Crippen molar-refractivity contribution in [3.8, 4) is 0 Å². The second kappa shape index (κ2) is 3.07. The Morgan fingerprint density at radius 2 is 2.11 bits per heavy atom. The van der Waals surface area contributed by atoms with E-state index in [2.05, 4.69) is 5.14 Å². The van der Waals surface area contributed by atoms with Crippen molar-refractivity contribution in [2.75, 3.05) is 5.75 Å². The van der Waals surface area contributed by atoms with Gasteiger partial charge in [0.25, 0.3) is 0 Å². The van der Waals surface area contributed by atoms with Crippen LogP contribution in [0.15, 0.2) is 0 Å². The lowest BCUT2D eigenvalue weighted by Gasteiger charge is -1.97. The average molecular weight is 158 g/mol. The summed E-state index contributed by atoms with van der Waals surface area (Å²) in [6.45, 7) is -0.357. The van der Waals surface area contributed by atoms with Crippen molar-refractivity contribution >= 4 is 10.0 Å². The molecule has 0 aliphatic heterocycles. The Balaban J connectivity index is 3.75. The molecule has 0 spiro atoms. The van der Waals surface area contributed by atoms with Crippen molar-refractivity contribution in [2.45, 2.75) is 6.17 Å². The number of sulfonamides is 1. The molecule has 0 aliphatic carbocycles. The van der Waals surface area contributed by atoms with Crippen LogP contribution in [0.2, 0.25) is 0 Å². The Bertz CT molecular complexity index is 167. The molecule has 6 heteroatoms. The number of alkyl halides is 1. The fraction of sp³-hybridized carbons (Fsp3) is 0.667. The minimum Gasteiger partial charge on any atom is -0.243 e. The third-order valence-corrected chi connectivity index (χ3v) is 1.31. The van der Waals surface area contributed by atoms with Gasteiger partial charge >= 0.3 is 0 Å². The summed E-state index contributed by atoms with van der Waals surface area (Å²) >= 11 is 0. The predicted molar refractivity (Wildman–Crippen MR) is 28.3 cm³/mol. The standard InChI is InChI=1S/C3H6F2NO2S/c4-1-3(5)2-9(6,7)8/h1,3H,2H2,(H2,6,7,8). The first-order valence-corrected chi connectivity index (χ1v) is 3.75. The van der Waals surface area contributed by atoms with Crippen LogP contribution in [0.5, 0.6) is 0 Å². The van der Waals surface area contributed by atoms with Gasteiger partial charge < -0.3 is 0 Å². The molecule has 2 N–H and O–H groups in total. The zero-order chi connectivity index (χ0) is 7.49. The summed E-state index contributed by atoms with van der Waals surface area (Å²) in [6, 6.07) is 0. The van der Waals surface area contributed by atoms with Crippen molar-refractivity contribution in [1.29, 1.82) is 0 Å². The van der Waals surface area contributed by atoms with Gasteiger partial charge in [-0.15, -0.1) is 0 Å². The predicted octanol–water partition coefficient (Wildman–Crippen LogP) is -0.256. The summed E-state index contributed by atoms with van der Waals surface area (Å²) in [5.74, 6) is -0.997. The van der Waals surface area contributed by atoms with Gasteiger partial charge in [-0.3, -0.25) is 0 Å². The normalized spacial score (nSPS) is 15.4. The molecule has 55 valence electrons. The van der Waals surface area contributed by atoms with Crippen LogP contribution in [0, 0.1) is 6.67 Å². The molecular formula is C3H6F2NO2S. The summed E-state index contributed by atoms with van der Waals surface area (Å²) < 4.78 is 42.7. The van der Waals surface area contributed by atoms with Crippen molar-refractivity contribution in [3.05, 3.63) is 6.67 Å². The van der Waals surface area contributed by atoms with Crippen molar-refractivity contribution in [3.63, 3.8) is 0 Å². The van der Waals surface area contributed by atoms with Gasteiger partial charge in [0.05, 0.1) is 5.75 Å². The molecule has 0 saturated carbocycles. The lowest BCUT2D eigenvalue weighted by Crippen LogP contribution is -2.23. The summed E-state index contributed by atoms with van der Waals surface area (Å²) in [5, 5.41) is 4.36. The van der Waals surface area contributed by atoms with Gasteiger partial charge in [0.1, 0.15) is 6.17 Å². The molecule has 0 saturated heterocycles. The number of primary sulfonamides is 1. The Labute approximate surface area is 51.9 Å². The Kier molecular flexibility index (Phi) is 2.99. The second-order valence-electron chi connectivity index (χ2n) is 1.47. The number of hydrogen-bond acceptors (Lipinski definition) is 2. The van der Waals surface area contributed by atoms with E-state index in [0.717, 1.165) is 0 Å². The summed E-state index contributed by atoms with van der Waals surface area (Å²) in [4.78, 5) is 0. The molecule has 0 rings (SSSR count). The van der Waals surface area contributed by atoms with Gasteiger partial charge in [0.2, 0.25) is 10.0 Å². The van der Waals surface area contributed by atoms with Crippen LogP contribution in [-0.4, -0.2) is 20.3 Å². The maximum absolute atomic E-state index is 11.7. The van der Waals surface area contributed by atoms with Crippen molar-refractivity contribution in [2.24, 2.45) is 5.14 Å². The monoisotopic (exact) mass is 158 g/mol. The topological polar surface area (TPSA) is 60.2 Å². The Morgan fingerprint density at radius 3 is 2.22 bits per heavy atom. The summed E-state index contributed by atoms with van der Waals surface area (Å²) in [6.07, 6.45) is -2.11. The minimum atomic E-state index is -3.88. The Hall–Kier alpha value is -0.230. The van der Waals surface area contributed by atoms with Crippen LogP contribution in [0.1, 0.15) is 0 Å². The number of hydrogen-bond donors (Lipinski definition) is 1. The second-order valence-corrected chi connectivity index (χ2v) is 3.13. The molecule has 0 bridgehead atoms. The first kappa shape index (κ1) is 8.77. The maximum atomic E-state index is 11.7. The molecule has 0 fully saturated rings. The van der Waals surface area contributed by atoms with Gasteiger partial charge in [-0.2, -0.15) is 0 Å². The van der Waals surface area contributed by atoms with E-state index in [1.165, 1.54) is 0 Å². The average Bonchev–Trinajstić information content (AvgIpc) is 1.62. The van der Waals surface area contributed by atoms with Gasteiger partial charge in [-0.05, 0) is 0 Å². The van der Waals surface area contributed by atoms with E-state index in [-0.39, 0.29) is 6.67 Å². The third-order valence-electron chi connectivity index (χ3n) is 0.528. The maximum Gasteiger partial charge on any atom is 0.212 e. The van der Waals surface area contributed by atoms with Crippen molar-refractivity contribution < 1.29 is 17.2 Å². The number of halogens is 2. The highest BCUT2D eigenvalue weighted by Crippen LogP contribution is 1.98. The van der Waals surface area contributed by atoms with Gasteiger partial charge in [-0.1, -0.05) is 0 Å². The van der Waals surface area contributed by atoms with E-state index in [4.69, 9.17) is 0 Å². The largest absolute Gasteiger partial charge is 0.243 e. The molecule has 0 aliphatic rings. The molecule has 1 unspecified atom stereocenters. The zero-order valence-electron chi connectivity index (χ0n) is 4.42. The highest BCUT2D eigenvalue weighted by Gasteiger charge is 2.13. The fourth-order valence-electron chi connectivity index (χ4n) is 0.258. The molecule has 0 aromatic carbocycles. The van der Waals surface area contributed by atoms with E-state index >= 15 is 0 Å². The van der Waals surface area contributed by atoms with Crippen LogP contribution in [0.3, 0.4) is 0 Å². The molecule has 1 radical (unpaired) electrons. The van der Waals surface area contributed by atoms with E-state index in [1.807, 2.05) is 0 Å². The Morgan fingerprint density at radius 1 is 1.67 bits per heavy atom. The quantitative estimate of drug-likeness (QED) is 0.615. The van der Waals surface area contributed by atoms with Gasteiger partial charge in [0.15, 0.2) is 6.67 Å². The molecule has 9 heavy (non-hydrogen) atoms. The molecule has 3 nitrogen and oxygen atoms in total. The summed E-state index contributed by atoms with van der Waals surface area (Å²) in [7, 11) is -3.88. The lowest BCUT2D eigenvalue weighted by molar-refractivity contribution is 0.342. The summed E-state index contributed by atoms with van der Waals surface area (Å²) in [5.41, 5.74) is 0. The van der Waals surface area contributed by atoms with E-state index in [0.29, 0.717) is 0 Å². The van der Waals surface area contributed by atoms with E-state index in [1.54, 1.807) is 0 Å². The lowest BCUT2D eigenvalue weighted by atomic mass is 10.5. The van der Waals surface area contributed by atoms with E-state index in [9.17, 15) is 17.2 Å². The highest BCUT2D eigenvalue weighted by atomic mass is 32.2. The zero-order valence-corrected chi connectivity index (χ0v) is 5.24. The fourth-order valence-corrected chi connectivity index (χ4v) is 0.775. The van der Waals surface area contributed by atoms with Crippen LogP contribution in [0.4, 0.5) is 8.78 Å². The van der Waals surface area contributed by atoms with Crippen LogP contribution in [-0.2, 0) is 10.0 Å². The molecular weight excluding hydrogens is 152 g/mol. The SMILES string of the molecule is NS(=O)(=O)CC(F)[CH]F. The third kappa shape index (κ3) is 5.64. The van der Waals surface area contributed by atoms with Gasteiger partial charge in [-0.25, -0.2) is 22.3 Å². The van der Waals surface area contributed by atoms with Crippen LogP contribution >= 0.6 is 0 Å². The molecule has 1 atom stereocenters. The molecule has 0 aromatic rings. The molecule has 0 amide bonds. The first-order chi connectivity index (χ1) is 3.95. The minimum absolute atomic E-state index is 0.357.